The molecule has 0 aliphatic rings. The van der Waals surface area contributed by atoms with Crippen LogP contribution in [0.5, 0.6) is 0 Å². The van der Waals surface area contributed by atoms with Crippen LogP contribution in [0.2, 0.25) is 0 Å². The molecule has 0 saturated heterocycles. The second-order valence-electron chi connectivity index (χ2n) is 3.14. The van der Waals surface area contributed by atoms with E-state index >= 15 is 0 Å². The zero-order valence-electron chi connectivity index (χ0n) is 9.31. The van der Waals surface area contributed by atoms with Crippen molar-refractivity contribution < 1.29 is 28.0 Å². The van der Waals surface area contributed by atoms with Crippen molar-refractivity contribution in [3.8, 4) is 0 Å². The van der Waals surface area contributed by atoms with Gasteiger partial charge >= 0.3 is 11.7 Å². The SMILES string of the molecule is COCCOC(=O)c1c(F)ccc([N+](=O)[O-])c1F. The van der Waals surface area contributed by atoms with Crippen LogP contribution < -0.4 is 0 Å². The number of nitro benzene ring substituents is 1. The maximum Gasteiger partial charge on any atom is 0.344 e. The van der Waals surface area contributed by atoms with Crippen molar-refractivity contribution in [3.05, 3.63) is 39.4 Å². The Balaban J connectivity index is 3.03. The van der Waals surface area contributed by atoms with Crippen molar-refractivity contribution in [1.29, 1.82) is 0 Å². The van der Waals surface area contributed by atoms with Crippen molar-refractivity contribution in [2.24, 2.45) is 0 Å². The molecule has 6 nitrogen and oxygen atoms in total. The fraction of sp³-hybridized carbons (Fsp3) is 0.300. The number of nitro groups is 1. The molecule has 0 aliphatic carbocycles. The standard InChI is InChI=1S/C10H9F2NO5/c1-17-4-5-18-10(14)8-6(11)2-3-7(9(8)12)13(15)16/h2-3H,4-5H2,1H3. The number of ether oxygens (including phenoxy) is 2. The zero-order chi connectivity index (χ0) is 13.7. The molecular formula is C10H9F2NO5. The van der Waals surface area contributed by atoms with Crippen LogP contribution in [-0.2, 0) is 9.47 Å². The number of hydrogen-bond acceptors (Lipinski definition) is 5. The Bertz CT molecular complexity index is 478. The third-order valence-corrected chi connectivity index (χ3v) is 1.99. The molecule has 8 heteroatoms. The van der Waals surface area contributed by atoms with E-state index in [4.69, 9.17) is 0 Å². The Morgan fingerprint density at radius 3 is 2.61 bits per heavy atom. The van der Waals surface area contributed by atoms with Gasteiger partial charge in [0.15, 0.2) is 0 Å². The van der Waals surface area contributed by atoms with E-state index in [1.807, 2.05) is 0 Å². The lowest BCUT2D eigenvalue weighted by molar-refractivity contribution is -0.387. The molecule has 0 aromatic heterocycles. The average Bonchev–Trinajstić information content (AvgIpc) is 2.28. The summed E-state index contributed by atoms with van der Waals surface area (Å²) in [6.45, 7) is -0.166. The quantitative estimate of drug-likeness (QED) is 0.348. The van der Waals surface area contributed by atoms with Crippen molar-refractivity contribution >= 4 is 11.7 Å². The Hall–Kier alpha value is -2.09. The minimum Gasteiger partial charge on any atom is -0.459 e. The molecule has 0 fully saturated rings. The van der Waals surface area contributed by atoms with Gasteiger partial charge in [0.25, 0.3) is 0 Å². The number of carbonyl (C=O) groups excluding carboxylic acids is 1. The number of hydrogen-bond donors (Lipinski definition) is 0. The van der Waals surface area contributed by atoms with Crippen molar-refractivity contribution in [2.45, 2.75) is 0 Å². The summed E-state index contributed by atoms with van der Waals surface area (Å²) in [7, 11) is 1.35. The van der Waals surface area contributed by atoms with Crippen LogP contribution in [0.4, 0.5) is 14.5 Å². The largest absolute Gasteiger partial charge is 0.459 e. The Morgan fingerprint density at radius 2 is 2.06 bits per heavy atom. The fourth-order valence-electron chi connectivity index (χ4n) is 1.16. The van der Waals surface area contributed by atoms with Crippen LogP contribution in [-0.4, -0.2) is 31.2 Å². The maximum absolute atomic E-state index is 13.5. The molecule has 0 spiro atoms. The van der Waals surface area contributed by atoms with E-state index in [0.717, 1.165) is 0 Å². The van der Waals surface area contributed by atoms with Crippen LogP contribution >= 0.6 is 0 Å². The lowest BCUT2D eigenvalue weighted by Gasteiger charge is -2.06. The van der Waals surface area contributed by atoms with E-state index in [1.165, 1.54) is 7.11 Å². The molecule has 1 aromatic carbocycles. The van der Waals surface area contributed by atoms with Gasteiger partial charge in [-0.25, -0.2) is 9.18 Å². The van der Waals surface area contributed by atoms with Crippen LogP contribution in [0.25, 0.3) is 0 Å². The predicted molar refractivity (Wildman–Crippen MR) is 55.2 cm³/mol. The van der Waals surface area contributed by atoms with Crippen LogP contribution in [0.1, 0.15) is 10.4 Å². The van der Waals surface area contributed by atoms with Gasteiger partial charge in [-0.3, -0.25) is 10.1 Å². The first-order valence-corrected chi connectivity index (χ1v) is 4.77. The number of benzene rings is 1. The molecule has 1 rings (SSSR count). The van der Waals surface area contributed by atoms with Gasteiger partial charge in [-0.15, -0.1) is 0 Å². The molecule has 0 N–H and O–H groups in total. The summed E-state index contributed by atoms with van der Waals surface area (Å²) in [6.07, 6.45) is 0. The molecule has 0 saturated carbocycles. The summed E-state index contributed by atoms with van der Waals surface area (Å²) in [4.78, 5) is 20.7. The van der Waals surface area contributed by atoms with Gasteiger partial charge in [0.05, 0.1) is 11.5 Å². The molecule has 0 aliphatic heterocycles. The summed E-state index contributed by atoms with van der Waals surface area (Å²) in [6, 6.07) is 1.27. The number of halogens is 2. The first-order chi connectivity index (χ1) is 8.49. The minimum atomic E-state index is -1.55. The maximum atomic E-state index is 13.5. The lowest BCUT2D eigenvalue weighted by Crippen LogP contribution is -2.14. The Kier molecular flexibility index (Phi) is 4.67. The zero-order valence-corrected chi connectivity index (χ0v) is 9.31. The van der Waals surface area contributed by atoms with E-state index in [0.29, 0.717) is 12.1 Å². The number of nitrogens with zero attached hydrogens (tertiary/aromatic N) is 1. The van der Waals surface area contributed by atoms with Gasteiger partial charge in [0.2, 0.25) is 5.82 Å². The highest BCUT2D eigenvalue weighted by Gasteiger charge is 2.27. The summed E-state index contributed by atoms with van der Waals surface area (Å²) in [5.41, 5.74) is -2.07. The number of rotatable bonds is 5. The fourth-order valence-corrected chi connectivity index (χ4v) is 1.16. The van der Waals surface area contributed by atoms with Crippen molar-refractivity contribution in [1.82, 2.24) is 0 Å². The van der Waals surface area contributed by atoms with E-state index < -0.39 is 33.8 Å². The van der Waals surface area contributed by atoms with Crippen LogP contribution in [0, 0.1) is 21.7 Å². The molecule has 0 heterocycles. The van der Waals surface area contributed by atoms with Crippen LogP contribution in [0.15, 0.2) is 12.1 Å². The summed E-state index contributed by atoms with van der Waals surface area (Å²) < 4.78 is 35.9. The second-order valence-corrected chi connectivity index (χ2v) is 3.14. The summed E-state index contributed by atoms with van der Waals surface area (Å²) in [5, 5.41) is 10.4. The second kappa shape index (κ2) is 6.01. The van der Waals surface area contributed by atoms with E-state index in [2.05, 4.69) is 9.47 Å². The van der Waals surface area contributed by atoms with E-state index in [9.17, 15) is 23.7 Å². The molecule has 0 unspecified atom stereocenters. The average molecular weight is 261 g/mol. The molecule has 0 amide bonds. The number of esters is 1. The third-order valence-electron chi connectivity index (χ3n) is 1.99. The first kappa shape index (κ1) is 14.0. The van der Waals surface area contributed by atoms with E-state index in [1.54, 1.807) is 0 Å². The van der Waals surface area contributed by atoms with E-state index in [-0.39, 0.29) is 13.2 Å². The molecule has 98 valence electrons. The van der Waals surface area contributed by atoms with Crippen molar-refractivity contribution in [3.63, 3.8) is 0 Å². The lowest BCUT2D eigenvalue weighted by atomic mass is 10.1. The summed E-state index contributed by atoms with van der Waals surface area (Å²) in [5.74, 6) is -4.09. The summed E-state index contributed by atoms with van der Waals surface area (Å²) >= 11 is 0. The molecular weight excluding hydrogens is 252 g/mol. The van der Waals surface area contributed by atoms with Crippen LogP contribution in [0.3, 0.4) is 0 Å². The Labute approximate surface area is 100 Å². The van der Waals surface area contributed by atoms with Gasteiger partial charge in [-0.1, -0.05) is 0 Å². The topological polar surface area (TPSA) is 78.7 Å². The third kappa shape index (κ3) is 2.98. The minimum absolute atomic E-state index is 0.0455. The molecule has 0 atom stereocenters. The number of methoxy groups -OCH3 is 1. The van der Waals surface area contributed by atoms with Gasteiger partial charge in [-0.05, 0) is 6.07 Å². The van der Waals surface area contributed by atoms with Crippen molar-refractivity contribution in [2.75, 3.05) is 20.3 Å². The van der Waals surface area contributed by atoms with Gasteiger partial charge < -0.3 is 9.47 Å². The smallest absolute Gasteiger partial charge is 0.344 e. The first-order valence-electron chi connectivity index (χ1n) is 4.77. The monoisotopic (exact) mass is 261 g/mol. The molecule has 1 aromatic rings. The Morgan fingerprint density at radius 1 is 1.39 bits per heavy atom. The van der Waals surface area contributed by atoms with Gasteiger partial charge in [0.1, 0.15) is 18.0 Å². The predicted octanol–water partition coefficient (Wildman–Crippen LogP) is 1.68. The normalized spacial score (nSPS) is 10.2. The highest BCUT2D eigenvalue weighted by molar-refractivity contribution is 5.90. The molecule has 0 bridgehead atoms. The van der Waals surface area contributed by atoms with Gasteiger partial charge in [0, 0.05) is 13.2 Å². The highest BCUT2D eigenvalue weighted by Crippen LogP contribution is 2.23. The molecule has 0 radical (unpaired) electrons. The number of carbonyl (C=O) groups is 1. The molecule has 18 heavy (non-hydrogen) atoms. The highest BCUT2D eigenvalue weighted by atomic mass is 19.1. The van der Waals surface area contributed by atoms with Gasteiger partial charge in [-0.2, -0.15) is 4.39 Å².